The van der Waals surface area contributed by atoms with Crippen molar-refractivity contribution < 1.29 is 9.90 Å². The fraction of sp³-hybridized carbons (Fsp3) is 0.240. The van der Waals surface area contributed by atoms with Crippen LogP contribution in [0.3, 0.4) is 0 Å². The zero-order chi connectivity index (χ0) is 20.3. The van der Waals surface area contributed by atoms with E-state index in [2.05, 4.69) is 59.4 Å². The molecule has 0 saturated heterocycles. The summed E-state index contributed by atoms with van der Waals surface area (Å²) in [5, 5.41) is 16.5. The van der Waals surface area contributed by atoms with E-state index in [0.29, 0.717) is 6.42 Å². The molecule has 0 bridgehead atoms. The van der Waals surface area contributed by atoms with Gasteiger partial charge in [-0.25, -0.2) is 0 Å². The third-order valence-electron chi connectivity index (χ3n) is 6.04. The van der Waals surface area contributed by atoms with E-state index < -0.39 is 0 Å². The number of phenols is 1. The SMILES string of the molecule is CC1(C)CC(=O)C2=C(C1)c1c(ccc3ccccc13)N[C@H]2c1cc(Br)ccc1O. The van der Waals surface area contributed by atoms with Gasteiger partial charge in [0, 0.05) is 33.3 Å². The molecule has 3 nitrogen and oxygen atoms in total. The number of anilines is 1. The van der Waals surface area contributed by atoms with Crippen LogP contribution in [-0.4, -0.2) is 10.9 Å². The quantitative estimate of drug-likeness (QED) is 0.440. The summed E-state index contributed by atoms with van der Waals surface area (Å²) in [7, 11) is 0. The van der Waals surface area contributed by atoms with Crippen LogP contribution >= 0.6 is 15.9 Å². The fourth-order valence-electron chi connectivity index (χ4n) is 4.83. The van der Waals surface area contributed by atoms with Gasteiger partial charge in [-0.3, -0.25) is 4.79 Å². The first-order valence-electron chi connectivity index (χ1n) is 9.87. The Hall–Kier alpha value is -2.59. The monoisotopic (exact) mass is 447 g/mol. The molecule has 29 heavy (non-hydrogen) atoms. The first-order valence-corrected chi connectivity index (χ1v) is 10.7. The number of aromatic hydroxyl groups is 1. The second kappa shape index (κ2) is 6.46. The fourth-order valence-corrected chi connectivity index (χ4v) is 5.21. The first kappa shape index (κ1) is 18.4. The van der Waals surface area contributed by atoms with Crippen LogP contribution in [0.5, 0.6) is 5.75 Å². The number of rotatable bonds is 1. The van der Waals surface area contributed by atoms with Crippen molar-refractivity contribution >= 4 is 43.7 Å². The summed E-state index contributed by atoms with van der Waals surface area (Å²) in [6.45, 7) is 4.32. The molecule has 0 saturated carbocycles. The number of hydrogen-bond acceptors (Lipinski definition) is 3. The summed E-state index contributed by atoms with van der Waals surface area (Å²) < 4.78 is 0.877. The van der Waals surface area contributed by atoms with Crippen molar-refractivity contribution in [3.8, 4) is 5.75 Å². The van der Waals surface area contributed by atoms with E-state index in [9.17, 15) is 9.90 Å². The molecular weight excluding hydrogens is 426 g/mol. The smallest absolute Gasteiger partial charge is 0.162 e. The second-order valence-electron chi connectivity index (χ2n) is 8.82. The molecule has 3 aromatic rings. The van der Waals surface area contributed by atoms with Crippen molar-refractivity contribution in [3.05, 3.63) is 75.8 Å². The molecule has 0 spiro atoms. The number of carbonyl (C=O) groups is 1. The standard InChI is InChI=1S/C25H22BrNO2/c1-25(2)12-18-22-16-6-4-3-5-14(16)7-9-19(22)27-24(23(18)21(29)13-25)17-11-15(26)8-10-20(17)28/h3-11,24,27-28H,12-13H2,1-2H3/t24-/m0/s1. The third-order valence-corrected chi connectivity index (χ3v) is 6.53. The normalized spacial score (nSPS) is 20.2. The maximum atomic E-state index is 13.4. The maximum absolute atomic E-state index is 13.4. The van der Waals surface area contributed by atoms with Crippen LogP contribution in [0.4, 0.5) is 5.69 Å². The Morgan fingerprint density at radius 2 is 1.86 bits per heavy atom. The van der Waals surface area contributed by atoms with E-state index in [-0.39, 0.29) is 23.0 Å². The molecule has 1 aliphatic heterocycles. The Morgan fingerprint density at radius 3 is 2.69 bits per heavy atom. The number of fused-ring (bicyclic) bond motifs is 4. The van der Waals surface area contributed by atoms with Crippen LogP contribution in [0, 0.1) is 5.41 Å². The molecule has 146 valence electrons. The Balaban J connectivity index is 1.82. The van der Waals surface area contributed by atoms with Crippen molar-refractivity contribution in [2.24, 2.45) is 5.41 Å². The van der Waals surface area contributed by atoms with Gasteiger partial charge in [0.25, 0.3) is 0 Å². The van der Waals surface area contributed by atoms with Crippen LogP contribution in [0.25, 0.3) is 16.3 Å². The molecule has 3 aromatic carbocycles. The van der Waals surface area contributed by atoms with Crippen molar-refractivity contribution in [2.75, 3.05) is 5.32 Å². The molecule has 4 heteroatoms. The Morgan fingerprint density at radius 1 is 1.07 bits per heavy atom. The lowest BCUT2D eigenvalue weighted by Gasteiger charge is -2.40. The van der Waals surface area contributed by atoms with E-state index in [1.807, 2.05) is 24.3 Å². The van der Waals surface area contributed by atoms with E-state index >= 15 is 0 Å². The number of ketones is 1. The average Bonchev–Trinajstić information content (AvgIpc) is 2.67. The van der Waals surface area contributed by atoms with E-state index in [1.54, 1.807) is 6.07 Å². The molecular formula is C25H22BrNO2. The van der Waals surface area contributed by atoms with Gasteiger partial charge < -0.3 is 10.4 Å². The molecule has 0 fully saturated rings. The highest BCUT2D eigenvalue weighted by Gasteiger charge is 2.41. The Labute approximate surface area is 178 Å². The number of hydrogen-bond donors (Lipinski definition) is 2. The zero-order valence-corrected chi connectivity index (χ0v) is 18.0. The molecule has 5 rings (SSSR count). The van der Waals surface area contributed by atoms with Gasteiger partial charge in [0.1, 0.15) is 5.75 Å². The van der Waals surface area contributed by atoms with Crippen LogP contribution in [0.2, 0.25) is 0 Å². The average molecular weight is 448 g/mol. The number of allylic oxidation sites excluding steroid dienone is 1. The minimum absolute atomic E-state index is 0.0919. The molecule has 2 aliphatic rings. The van der Waals surface area contributed by atoms with Crippen LogP contribution < -0.4 is 5.32 Å². The predicted molar refractivity (Wildman–Crippen MR) is 121 cm³/mol. The molecule has 0 radical (unpaired) electrons. The molecule has 0 aromatic heterocycles. The van der Waals surface area contributed by atoms with Crippen molar-refractivity contribution in [1.82, 2.24) is 0 Å². The number of benzene rings is 3. The zero-order valence-electron chi connectivity index (χ0n) is 16.4. The van der Waals surface area contributed by atoms with E-state index in [0.717, 1.165) is 44.2 Å². The number of phenolic OH excluding ortho intramolecular Hbond substituents is 1. The van der Waals surface area contributed by atoms with Crippen LogP contribution in [0.1, 0.15) is 43.9 Å². The highest BCUT2D eigenvalue weighted by molar-refractivity contribution is 9.10. The van der Waals surface area contributed by atoms with Crippen LogP contribution in [-0.2, 0) is 4.79 Å². The lowest BCUT2D eigenvalue weighted by Crippen LogP contribution is -2.33. The Kier molecular flexibility index (Phi) is 4.11. The Bertz CT molecular complexity index is 1210. The predicted octanol–water partition coefficient (Wildman–Crippen LogP) is 6.62. The molecule has 0 amide bonds. The van der Waals surface area contributed by atoms with Gasteiger partial charge in [0.05, 0.1) is 6.04 Å². The molecule has 1 heterocycles. The second-order valence-corrected chi connectivity index (χ2v) is 9.74. The minimum atomic E-state index is -0.361. The highest BCUT2D eigenvalue weighted by Crippen LogP contribution is 2.52. The van der Waals surface area contributed by atoms with Crippen molar-refractivity contribution in [2.45, 2.75) is 32.7 Å². The number of nitrogens with one attached hydrogen (secondary N) is 1. The van der Waals surface area contributed by atoms with Gasteiger partial charge >= 0.3 is 0 Å². The minimum Gasteiger partial charge on any atom is -0.508 e. The van der Waals surface area contributed by atoms with Gasteiger partial charge in [0.15, 0.2) is 5.78 Å². The van der Waals surface area contributed by atoms with Gasteiger partial charge in [-0.05, 0) is 52.4 Å². The summed E-state index contributed by atoms with van der Waals surface area (Å²) in [6.07, 6.45) is 1.35. The maximum Gasteiger partial charge on any atom is 0.162 e. The largest absolute Gasteiger partial charge is 0.508 e. The summed E-state index contributed by atoms with van der Waals surface area (Å²) in [5.41, 5.74) is 4.68. The molecule has 1 atom stereocenters. The summed E-state index contributed by atoms with van der Waals surface area (Å²) in [5.74, 6) is 0.353. The summed E-state index contributed by atoms with van der Waals surface area (Å²) in [4.78, 5) is 13.4. The summed E-state index contributed by atoms with van der Waals surface area (Å²) >= 11 is 3.51. The molecule has 1 aliphatic carbocycles. The van der Waals surface area contributed by atoms with Gasteiger partial charge in [-0.1, -0.05) is 60.1 Å². The molecule has 2 N–H and O–H groups in total. The van der Waals surface area contributed by atoms with Gasteiger partial charge in [-0.2, -0.15) is 0 Å². The first-order chi connectivity index (χ1) is 13.8. The van der Waals surface area contributed by atoms with Gasteiger partial charge in [0.2, 0.25) is 0 Å². The van der Waals surface area contributed by atoms with E-state index in [4.69, 9.17) is 0 Å². The van der Waals surface area contributed by atoms with Crippen molar-refractivity contribution in [1.29, 1.82) is 0 Å². The topological polar surface area (TPSA) is 49.3 Å². The lowest BCUT2D eigenvalue weighted by molar-refractivity contribution is -0.118. The number of carbonyl (C=O) groups excluding carboxylic acids is 1. The summed E-state index contributed by atoms with van der Waals surface area (Å²) in [6, 6.07) is 17.6. The highest BCUT2D eigenvalue weighted by atomic mass is 79.9. The number of Topliss-reactive ketones (excluding diaryl/α,β-unsaturated/α-hetero) is 1. The van der Waals surface area contributed by atoms with Gasteiger partial charge in [-0.15, -0.1) is 0 Å². The number of halogens is 1. The lowest BCUT2D eigenvalue weighted by atomic mass is 9.68. The van der Waals surface area contributed by atoms with Crippen molar-refractivity contribution in [3.63, 3.8) is 0 Å². The third kappa shape index (κ3) is 2.98. The van der Waals surface area contributed by atoms with E-state index in [1.165, 1.54) is 5.39 Å². The van der Waals surface area contributed by atoms with Crippen LogP contribution in [0.15, 0.2) is 64.6 Å². The molecule has 0 unspecified atom stereocenters.